The molecule has 0 bridgehead atoms. The second kappa shape index (κ2) is 4.61. The van der Waals surface area contributed by atoms with Gasteiger partial charge < -0.3 is 11.1 Å². The highest BCUT2D eigenvalue weighted by atomic mass is 14.9. The van der Waals surface area contributed by atoms with Gasteiger partial charge in [0.05, 0.1) is 5.52 Å². The summed E-state index contributed by atoms with van der Waals surface area (Å²) in [6.07, 6.45) is 1.80. The van der Waals surface area contributed by atoms with Gasteiger partial charge in [0.1, 0.15) is 0 Å². The van der Waals surface area contributed by atoms with Crippen molar-refractivity contribution in [2.75, 3.05) is 11.1 Å². The summed E-state index contributed by atoms with van der Waals surface area (Å²) in [7, 11) is 0. The smallest absolute Gasteiger partial charge is 0.0722 e. The predicted molar refractivity (Wildman–Crippen MR) is 80.6 cm³/mol. The minimum atomic E-state index is 0.765. The lowest BCUT2D eigenvalue weighted by Gasteiger charge is -2.10. The van der Waals surface area contributed by atoms with Crippen LogP contribution in [0.15, 0.2) is 54.7 Å². The van der Waals surface area contributed by atoms with Crippen LogP contribution in [0.5, 0.6) is 0 Å². The molecule has 0 aliphatic heterocycles. The van der Waals surface area contributed by atoms with E-state index in [1.165, 1.54) is 0 Å². The number of nitrogens with zero attached hydrogens (tertiary/aromatic N) is 1. The maximum absolute atomic E-state index is 5.87. The standard InChI is InChI=1S/C16H15N3/c1-11-8-12(17)10-13(9-11)19-16-6-2-5-15-14(16)4-3-7-18-15/h2-10,19H,17H2,1H3. The Kier molecular flexibility index (Phi) is 2.80. The molecular weight excluding hydrogens is 234 g/mol. The van der Waals surface area contributed by atoms with Crippen LogP contribution in [0.2, 0.25) is 0 Å². The molecule has 0 fully saturated rings. The van der Waals surface area contributed by atoms with Crippen LogP contribution in [0.4, 0.5) is 17.1 Å². The van der Waals surface area contributed by atoms with E-state index in [-0.39, 0.29) is 0 Å². The minimum absolute atomic E-state index is 0.765. The van der Waals surface area contributed by atoms with Crippen LogP contribution < -0.4 is 11.1 Å². The molecule has 0 amide bonds. The molecule has 3 N–H and O–H groups in total. The van der Waals surface area contributed by atoms with E-state index in [1.54, 1.807) is 6.20 Å². The molecule has 94 valence electrons. The van der Waals surface area contributed by atoms with Gasteiger partial charge in [-0.1, -0.05) is 6.07 Å². The van der Waals surface area contributed by atoms with Gasteiger partial charge in [-0.2, -0.15) is 0 Å². The molecular formula is C16H15N3. The zero-order chi connectivity index (χ0) is 13.2. The number of aromatic nitrogens is 1. The van der Waals surface area contributed by atoms with Crippen LogP contribution in [-0.4, -0.2) is 4.98 Å². The number of benzene rings is 2. The number of aryl methyl sites for hydroxylation is 1. The van der Waals surface area contributed by atoms with Gasteiger partial charge in [-0.3, -0.25) is 4.98 Å². The number of nitrogen functional groups attached to an aromatic ring is 1. The summed E-state index contributed by atoms with van der Waals surface area (Å²) in [5.74, 6) is 0. The van der Waals surface area contributed by atoms with Gasteiger partial charge in [0.2, 0.25) is 0 Å². The van der Waals surface area contributed by atoms with Crippen molar-refractivity contribution in [2.45, 2.75) is 6.92 Å². The summed E-state index contributed by atoms with van der Waals surface area (Å²) in [6.45, 7) is 2.03. The van der Waals surface area contributed by atoms with E-state index in [0.29, 0.717) is 0 Å². The van der Waals surface area contributed by atoms with Crippen molar-refractivity contribution in [1.29, 1.82) is 0 Å². The number of hydrogen-bond donors (Lipinski definition) is 2. The Hall–Kier alpha value is -2.55. The minimum Gasteiger partial charge on any atom is -0.399 e. The van der Waals surface area contributed by atoms with Gasteiger partial charge >= 0.3 is 0 Å². The van der Waals surface area contributed by atoms with Crippen molar-refractivity contribution in [3.05, 3.63) is 60.3 Å². The highest BCUT2D eigenvalue weighted by Crippen LogP contribution is 2.26. The molecule has 0 aliphatic carbocycles. The zero-order valence-corrected chi connectivity index (χ0v) is 10.7. The van der Waals surface area contributed by atoms with Crippen LogP contribution in [0, 0.1) is 6.92 Å². The second-order valence-electron chi connectivity index (χ2n) is 4.63. The van der Waals surface area contributed by atoms with Crippen molar-refractivity contribution in [3.8, 4) is 0 Å². The summed E-state index contributed by atoms with van der Waals surface area (Å²) in [4.78, 5) is 4.35. The largest absolute Gasteiger partial charge is 0.399 e. The van der Waals surface area contributed by atoms with E-state index in [1.807, 2.05) is 43.3 Å². The Labute approximate surface area is 112 Å². The van der Waals surface area contributed by atoms with Crippen LogP contribution in [0.1, 0.15) is 5.56 Å². The molecule has 2 aromatic carbocycles. The Morgan fingerprint density at radius 1 is 1.05 bits per heavy atom. The first-order chi connectivity index (χ1) is 9.22. The van der Waals surface area contributed by atoms with Crippen LogP contribution in [0.25, 0.3) is 10.9 Å². The first-order valence-corrected chi connectivity index (χ1v) is 6.20. The summed E-state index contributed by atoms with van der Waals surface area (Å²) in [5.41, 5.74) is 10.8. The molecule has 0 atom stereocenters. The molecule has 0 radical (unpaired) electrons. The Balaban J connectivity index is 2.05. The van der Waals surface area contributed by atoms with E-state index in [2.05, 4.69) is 22.4 Å². The molecule has 0 unspecified atom stereocenters. The highest BCUT2D eigenvalue weighted by Gasteiger charge is 2.02. The molecule has 3 aromatic rings. The van der Waals surface area contributed by atoms with Gasteiger partial charge in [-0.25, -0.2) is 0 Å². The maximum Gasteiger partial charge on any atom is 0.0722 e. The summed E-state index contributed by atoms with van der Waals surface area (Å²) in [5, 5.41) is 4.51. The van der Waals surface area contributed by atoms with E-state index in [9.17, 15) is 0 Å². The van der Waals surface area contributed by atoms with Crippen molar-refractivity contribution in [1.82, 2.24) is 4.98 Å². The zero-order valence-electron chi connectivity index (χ0n) is 10.7. The van der Waals surface area contributed by atoms with Crippen molar-refractivity contribution in [3.63, 3.8) is 0 Å². The summed E-state index contributed by atoms with van der Waals surface area (Å²) in [6, 6.07) is 16.0. The Bertz CT molecular complexity index is 709. The summed E-state index contributed by atoms with van der Waals surface area (Å²) >= 11 is 0. The van der Waals surface area contributed by atoms with Gasteiger partial charge in [-0.05, 0) is 55.0 Å². The summed E-state index contributed by atoms with van der Waals surface area (Å²) < 4.78 is 0. The molecule has 19 heavy (non-hydrogen) atoms. The van der Waals surface area contributed by atoms with E-state index >= 15 is 0 Å². The maximum atomic E-state index is 5.87. The van der Waals surface area contributed by atoms with Gasteiger partial charge in [-0.15, -0.1) is 0 Å². The number of nitrogens with one attached hydrogen (secondary N) is 1. The topological polar surface area (TPSA) is 50.9 Å². The quantitative estimate of drug-likeness (QED) is 0.678. The number of rotatable bonds is 2. The SMILES string of the molecule is Cc1cc(N)cc(Nc2cccc3ncccc23)c1. The number of nitrogens with two attached hydrogens (primary N) is 1. The molecule has 3 nitrogen and oxygen atoms in total. The first-order valence-electron chi connectivity index (χ1n) is 6.20. The average Bonchev–Trinajstić information content (AvgIpc) is 2.38. The van der Waals surface area contributed by atoms with Gasteiger partial charge in [0.25, 0.3) is 0 Å². The molecule has 0 spiro atoms. The normalized spacial score (nSPS) is 10.6. The number of fused-ring (bicyclic) bond motifs is 1. The molecule has 1 heterocycles. The molecule has 3 rings (SSSR count). The lowest BCUT2D eigenvalue weighted by molar-refractivity contribution is 1.41. The number of hydrogen-bond acceptors (Lipinski definition) is 3. The van der Waals surface area contributed by atoms with Crippen molar-refractivity contribution in [2.24, 2.45) is 0 Å². The predicted octanol–water partition coefficient (Wildman–Crippen LogP) is 3.87. The average molecular weight is 249 g/mol. The van der Waals surface area contributed by atoms with E-state index in [4.69, 9.17) is 5.73 Å². The van der Waals surface area contributed by atoms with Crippen molar-refractivity contribution >= 4 is 28.0 Å². The van der Waals surface area contributed by atoms with E-state index < -0.39 is 0 Å². The molecule has 1 aromatic heterocycles. The van der Waals surface area contributed by atoms with Crippen molar-refractivity contribution < 1.29 is 0 Å². The molecule has 0 saturated carbocycles. The van der Waals surface area contributed by atoms with Crippen LogP contribution in [-0.2, 0) is 0 Å². The monoisotopic (exact) mass is 249 g/mol. The Morgan fingerprint density at radius 2 is 1.95 bits per heavy atom. The number of pyridine rings is 1. The third-order valence-corrected chi connectivity index (χ3v) is 3.02. The molecule has 3 heteroatoms. The fourth-order valence-electron chi connectivity index (χ4n) is 2.25. The third-order valence-electron chi connectivity index (χ3n) is 3.02. The fraction of sp³-hybridized carbons (Fsp3) is 0.0625. The van der Waals surface area contributed by atoms with Crippen LogP contribution >= 0.6 is 0 Å². The fourth-order valence-corrected chi connectivity index (χ4v) is 2.25. The van der Waals surface area contributed by atoms with Gasteiger partial charge in [0, 0.05) is 28.6 Å². The molecule has 0 saturated heterocycles. The highest BCUT2D eigenvalue weighted by molar-refractivity contribution is 5.93. The van der Waals surface area contributed by atoms with Gasteiger partial charge in [0.15, 0.2) is 0 Å². The van der Waals surface area contributed by atoms with E-state index in [0.717, 1.165) is 33.5 Å². The van der Waals surface area contributed by atoms with Crippen LogP contribution in [0.3, 0.4) is 0 Å². The Morgan fingerprint density at radius 3 is 2.79 bits per heavy atom. The first kappa shape index (κ1) is 11.5. The number of anilines is 3. The molecule has 0 aliphatic rings. The lowest BCUT2D eigenvalue weighted by Crippen LogP contribution is -1.94. The third kappa shape index (κ3) is 2.36. The second-order valence-corrected chi connectivity index (χ2v) is 4.63. The lowest BCUT2D eigenvalue weighted by atomic mass is 10.1.